The van der Waals surface area contributed by atoms with Crippen LogP contribution in [0, 0.1) is 11.8 Å². The highest BCUT2D eigenvalue weighted by molar-refractivity contribution is 14.0. The van der Waals surface area contributed by atoms with Crippen LogP contribution in [0.2, 0.25) is 0 Å². The van der Waals surface area contributed by atoms with Crippen molar-refractivity contribution in [3.05, 3.63) is 0 Å². The van der Waals surface area contributed by atoms with Crippen LogP contribution in [-0.2, 0) is 0 Å². The molecule has 2 N–H and O–H groups in total. The Labute approximate surface area is 134 Å². The zero-order chi connectivity index (χ0) is 13.0. The molecule has 4 nitrogen and oxygen atoms in total. The summed E-state index contributed by atoms with van der Waals surface area (Å²) in [6.07, 6.45) is 3.86. The third-order valence-electron chi connectivity index (χ3n) is 4.31. The van der Waals surface area contributed by atoms with E-state index in [1.54, 1.807) is 0 Å². The first-order valence-electron chi connectivity index (χ1n) is 7.46. The summed E-state index contributed by atoms with van der Waals surface area (Å²) in [4.78, 5) is 9.39. The summed E-state index contributed by atoms with van der Waals surface area (Å²) in [5.41, 5.74) is 6.12. The summed E-state index contributed by atoms with van der Waals surface area (Å²) in [6, 6.07) is 0. The Bertz CT molecular complexity index is 295. The minimum absolute atomic E-state index is 0. The molecule has 5 heteroatoms. The molecule has 2 aliphatic heterocycles. The molecule has 0 aromatic rings. The Kier molecular flexibility index (Phi) is 7.42. The maximum absolute atomic E-state index is 6.12. The van der Waals surface area contributed by atoms with Gasteiger partial charge < -0.3 is 15.5 Å². The molecule has 0 saturated carbocycles. The van der Waals surface area contributed by atoms with E-state index in [9.17, 15) is 0 Å². The summed E-state index contributed by atoms with van der Waals surface area (Å²) in [5.74, 6) is 2.25. The number of halogens is 1. The van der Waals surface area contributed by atoms with Crippen LogP contribution in [-0.4, -0.2) is 55.0 Å². The number of nitrogens with two attached hydrogens (primary N) is 1. The topological polar surface area (TPSA) is 44.9 Å². The SMILES string of the molecule is CCN1CCC(CN=C(N)N2CCCC(C)C2)C1.I. The monoisotopic (exact) mass is 380 g/mol. The Balaban J connectivity index is 0.00000180. The Hall–Kier alpha value is -0.0400. The second kappa shape index (κ2) is 8.29. The zero-order valence-electron chi connectivity index (χ0n) is 12.3. The third kappa shape index (κ3) is 5.10. The molecule has 0 aromatic heterocycles. The van der Waals surface area contributed by atoms with Crippen molar-refractivity contribution in [2.45, 2.75) is 33.1 Å². The van der Waals surface area contributed by atoms with Crippen LogP contribution < -0.4 is 5.73 Å². The van der Waals surface area contributed by atoms with Gasteiger partial charge in [-0.1, -0.05) is 13.8 Å². The average Bonchev–Trinajstić information content (AvgIpc) is 2.84. The lowest BCUT2D eigenvalue weighted by molar-refractivity contribution is 0.270. The maximum atomic E-state index is 6.12. The van der Waals surface area contributed by atoms with Crippen molar-refractivity contribution < 1.29 is 0 Å². The molecule has 0 bridgehead atoms. The Morgan fingerprint density at radius 1 is 1.26 bits per heavy atom. The van der Waals surface area contributed by atoms with Gasteiger partial charge in [0.25, 0.3) is 0 Å². The first kappa shape index (κ1) is 17.0. The van der Waals surface area contributed by atoms with E-state index in [0.717, 1.165) is 31.5 Å². The van der Waals surface area contributed by atoms with Gasteiger partial charge in [0.05, 0.1) is 0 Å². The second-order valence-electron chi connectivity index (χ2n) is 5.94. The van der Waals surface area contributed by atoms with E-state index >= 15 is 0 Å². The lowest BCUT2D eigenvalue weighted by Crippen LogP contribution is -2.43. The predicted molar refractivity (Wildman–Crippen MR) is 92.1 cm³/mol. The average molecular weight is 380 g/mol. The molecule has 0 radical (unpaired) electrons. The molecule has 2 aliphatic rings. The quantitative estimate of drug-likeness (QED) is 0.463. The molecule has 2 rings (SSSR count). The smallest absolute Gasteiger partial charge is 0.191 e. The Morgan fingerprint density at radius 2 is 2.05 bits per heavy atom. The molecule has 2 atom stereocenters. The second-order valence-corrected chi connectivity index (χ2v) is 5.94. The molecule has 0 spiro atoms. The lowest BCUT2D eigenvalue weighted by Gasteiger charge is -2.31. The molecule has 2 saturated heterocycles. The molecular weight excluding hydrogens is 351 g/mol. The summed E-state index contributed by atoms with van der Waals surface area (Å²) >= 11 is 0. The maximum Gasteiger partial charge on any atom is 0.191 e. The lowest BCUT2D eigenvalue weighted by atomic mass is 10.0. The van der Waals surface area contributed by atoms with Crippen LogP contribution in [0.25, 0.3) is 0 Å². The molecular formula is C14H29IN4. The molecule has 0 aromatic carbocycles. The van der Waals surface area contributed by atoms with E-state index in [0.29, 0.717) is 5.92 Å². The number of hydrogen-bond donors (Lipinski definition) is 1. The van der Waals surface area contributed by atoms with E-state index in [1.165, 1.54) is 38.9 Å². The van der Waals surface area contributed by atoms with Crippen LogP contribution in [0.5, 0.6) is 0 Å². The van der Waals surface area contributed by atoms with Gasteiger partial charge in [0.15, 0.2) is 5.96 Å². The molecule has 0 amide bonds. The van der Waals surface area contributed by atoms with Gasteiger partial charge in [-0.3, -0.25) is 4.99 Å². The van der Waals surface area contributed by atoms with Gasteiger partial charge in [0.1, 0.15) is 0 Å². The summed E-state index contributed by atoms with van der Waals surface area (Å²) < 4.78 is 0. The number of likely N-dealkylation sites (tertiary alicyclic amines) is 2. The van der Waals surface area contributed by atoms with Crippen molar-refractivity contribution in [2.75, 3.05) is 39.3 Å². The first-order valence-corrected chi connectivity index (χ1v) is 7.46. The van der Waals surface area contributed by atoms with E-state index in [1.807, 2.05) is 0 Å². The number of nitrogens with zero attached hydrogens (tertiary/aromatic N) is 3. The van der Waals surface area contributed by atoms with Gasteiger partial charge in [-0.2, -0.15) is 0 Å². The fourth-order valence-electron chi connectivity index (χ4n) is 3.07. The number of rotatable bonds is 3. The van der Waals surface area contributed by atoms with Gasteiger partial charge in [-0.25, -0.2) is 0 Å². The van der Waals surface area contributed by atoms with Gasteiger partial charge in [0, 0.05) is 26.2 Å². The normalized spacial score (nSPS) is 29.4. The molecule has 0 aliphatic carbocycles. The summed E-state index contributed by atoms with van der Waals surface area (Å²) in [5, 5.41) is 0. The fraction of sp³-hybridized carbons (Fsp3) is 0.929. The zero-order valence-corrected chi connectivity index (χ0v) is 14.7. The van der Waals surface area contributed by atoms with E-state index < -0.39 is 0 Å². The van der Waals surface area contributed by atoms with Crippen LogP contribution >= 0.6 is 24.0 Å². The number of aliphatic imine (C=N–C) groups is 1. The summed E-state index contributed by atoms with van der Waals surface area (Å²) in [7, 11) is 0. The highest BCUT2D eigenvalue weighted by atomic mass is 127. The van der Waals surface area contributed by atoms with Crippen molar-refractivity contribution in [2.24, 2.45) is 22.6 Å². The molecule has 112 valence electrons. The van der Waals surface area contributed by atoms with E-state index in [2.05, 4.69) is 28.6 Å². The highest BCUT2D eigenvalue weighted by Crippen LogP contribution is 2.17. The minimum atomic E-state index is 0. The van der Waals surface area contributed by atoms with Crippen molar-refractivity contribution >= 4 is 29.9 Å². The summed E-state index contributed by atoms with van der Waals surface area (Å²) in [6.45, 7) is 11.2. The number of hydrogen-bond acceptors (Lipinski definition) is 2. The Morgan fingerprint density at radius 3 is 2.68 bits per heavy atom. The minimum Gasteiger partial charge on any atom is -0.370 e. The molecule has 2 heterocycles. The molecule has 2 fully saturated rings. The van der Waals surface area contributed by atoms with Crippen LogP contribution in [0.15, 0.2) is 4.99 Å². The van der Waals surface area contributed by atoms with E-state index in [4.69, 9.17) is 5.73 Å². The fourth-order valence-corrected chi connectivity index (χ4v) is 3.07. The van der Waals surface area contributed by atoms with Crippen molar-refractivity contribution in [3.63, 3.8) is 0 Å². The number of piperidine rings is 1. The van der Waals surface area contributed by atoms with Gasteiger partial charge in [-0.05, 0) is 44.2 Å². The predicted octanol–water partition coefficient (Wildman–Crippen LogP) is 1.99. The van der Waals surface area contributed by atoms with Crippen molar-refractivity contribution in [1.29, 1.82) is 0 Å². The largest absolute Gasteiger partial charge is 0.370 e. The molecule has 2 unspecified atom stereocenters. The van der Waals surface area contributed by atoms with Crippen molar-refractivity contribution in [3.8, 4) is 0 Å². The number of guanidine groups is 1. The third-order valence-corrected chi connectivity index (χ3v) is 4.31. The van der Waals surface area contributed by atoms with Crippen molar-refractivity contribution in [1.82, 2.24) is 9.80 Å². The standard InChI is InChI=1S/C14H28N4.HI/c1-3-17-8-6-13(11-17)9-16-14(15)18-7-4-5-12(2)10-18;/h12-13H,3-11H2,1-2H3,(H2,15,16);1H. The highest BCUT2D eigenvalue weighted by Gasteiger charge is 2.22. The van der Waals surface area contributed by atoms with Gasteiger partial charge in [-0.15, -0.1) is 24.0 Å². The van der Waals surface area contributed by atoms with Gasteiger partial charge >= 0.3 is 0 Å². The first-order chi connectivity index (χ1) is 8.69. The van der Waals surface area contributed by atoms with Crippen LogP contribution in [0.3, 0.4) is 0 Å². The van der Waals surface area contributed by atoms with E-state index in [-0.39, 0.29) is 24.0 Å². The van der Waals surface area contributed by atoms with Crippen LogP contribution in [0.4, 0.5) is 0 Å². The molecule has 19 heavy (non-hydrogen) atoms. The van der Waals surface area contributed by atoms with Crippen LogP contribution in [0.1, 0.15) is 33.1 Å². The van der Waals surface area contributed by atoms with Gasteiger partial charge in [0.2, 0.25) is 0 Å².